The van der Waals surface area contributed by atoms with E-state index < -0.39 is 5.97 Å². The van der Waals surface area contributed by atoms with Gasteiger partial charge in [-0.2, -0.15) is 10.3 Å². The highest BCUT2D eigenvalue weighted by atomic mass is 16.5. The van der Waals surface area contributed by atoms with E-state index in [4.69, 9.17) is 9.47 Å². The van der Waals surface area contributed by atoms with Gasteiger partial charge < -0.3 is 14.4 Å². The monoisotopic (exact) mass is 310 g/mol. The summed E-state index contributed by atoms with van der Waals surface area (Å²) in [6.07, 6.45) is 2.48. The molecule has 2 rings (SSSR count). The zero-order valence-corrected chi connectivity index (χ0v) is 13.0. The van der Waals surface area contributed by atoms with Crippen molar-refractivity contribution in [1.29, 1.82) is 0 Å². The van der Waals surface area contributed by atoms with E-state index in [-0.39, 0.29) is 30.9 Å². The summed E-state index contributed by atoms with van der Waals surface area (Å²) < 4.78 is 10.3. The smallest absolute Gasteiger partial charge is 0.360 e. The van der Waals surface area contributed by atoms with Crippen LogP contribution in [0.1, 0.15) is 55.3 Å². The van der Waals surface area contributed by atoms with Crippen LogP contribution < -0.4 is 0 Å². The Morgan fingerprint density at radius 1 is 1.36 bits per heavy atom. The quantitative estimate of drug-likeness (QED) is 0.597. The van der Waals surface area contributed by atoms with Gasteiger partial charge in [-0.3, -0.25) is 4.79 Å². The van der Waals surface area contributed by atoms with Crippen LogP contribution >= 0.6 is 0 Å². The number of likely N-dealkylation sites (tertiary alicyclic amines) is 1. The molecule has 1 aromatic heterocycles. The fourth-order valence-corrected chi connectivity index (χ4v) is 2.56. The molecule has 1 unspecified atom stereocenters. The van der Waals surface area contributed by atoms with Crippen LogP contribution in [0.5, 0.6) is 0 Å². The second kappa shape index (κ2) is 7.88. The van der Waals surface area contributed by atoms with Crippen molar-refractivity contribution < 1.29 is 19.1 Å². The van der Waals surface area contributed by atoms with Crippen molar-refractivity contribution >= 4 is 11.9 Å². The normalized spacial score (nSPS) is 17.7. The van der Waals surface area contributed by atoms with Gasteiger partial charge >= 0.3 is 5.97 Å². The van der Waals surface area contributed by atoms with Crippen molar-refractivity contribution in [1.82, 2.24) is 20.3 Å². The Bertz CT molecular complexity index is 517. The topological polar surface area (TPSA) is 97.4 Å². The maximum absolute atomic E-state index is 12.3. The average molecular weight is 310 g/mol. The molecule has 0 saturated carbocycles. The fourth-order valence-electron chi connectivity index (χ4n) is 2.56. The number of aromatic nitrogens is 3. The molecule has 0 radical (unpaired) electrons. The van der Waals surface area contributed by atoms with E-state index in [1.165, 1.54) is 0 Å². The molecule has 2 heterocycles. The molecule has 0 spiro atoms. The first-order valence-electron chi connectivity index (χ1n) is 7.64. The van der Waals surface area contributed by atoms with E-state index in [0.29, 0.717) is 18.8 Å². The molecule has 1 aliphatic heterocycles. The highest BCUT2D eigenvalue weighted by Gasteiger charge is 2.35. The number of nitrogens with zero attached hydrogens (tertiary/aromatic N) is 3. The van der Waals surface area contributed by atoms with Crippen molar-refractivity contribution in [2.24, 2.45) is 0 Å². The summed E-state index contributed by atoms with van der Waals surface area (Å²) in [7, 11) is 0. The lowest BCUT2D eigenvalue weighted by molar-refractivity contribution is -0.137. The summed E-state index contributed by atoms with van der Waals surface area (Å²) in [6, 6.07) is -0.254. The number of amides is 1. The van der Waals surface area contributed by atoms with Crippen molar-refractivity contribution in [3.05, 3.63) is 11.4 Å². The summed E-state index contributed by atoms with van der Waals surface area (Å²) in [5.74, 6) is -0.610. The number of aromatic amines is 1. The van der Waals surface area contributed by atoms with Gasteiger partial charge in [-0.05, 0) is 26.2 Å². The zero-order valence-electron chi connectivity index (χ0n) is 13.0. The third-order valence-electron chi connectivity index (χ3n) is 3.51. The Hall–Kier alpha value is -1.96. The Labute approximate surface area is 129 Å². The van der Waals surface area contributed by atoms with E-state index in [9.17, 15) is 9.59 Å². The van der Waals surface area contributed by atoms with Crippen molar-refractivity contribution in [2.75, 3.05) is 26.4 Å². The molecule has 8 heteroatoms. The van der Waals surface area contributed by atoms with Gasteiger partial charge in [0.25, 0.3) is 0 Å². The Morgan fingerprint density at radius 3 is 2.91 bits per heavy atom. The molecule has 22 heavy (non-hydrogen) atoms. The molecular formula is C14H22N4O4. The van der Waals surface area contributed by atoms with Crippen LogP contribution in [0, 0.1) is 0 Å². The van der Waals surface area contributed by atoms with Crippen LogP contribution in [0.25, 0.3) is 0 Å². The molecule has 0 aliphatic carbocycles. The molecule has 0 aromatic carbocycles. The third-order valence-corrected chi connectivity index (χ3v) is 3.51. The summed E-state index contributed by atoms with van der Waals surface area (Å²) in [4.78, 5) is 25.9. The number of ether oxygens (including phenoxy) is 2. The van der Waals surface area contributed by atoms with E-state index in [1.54, 1.807) is 11.8 Å². The highest BCUT2D eigenvalue weighted by Crippen LogP contribution is 2.32. The van der Waals surface area contributed by atoms with E-state index in [2.05, 4.69) is 15.4 Å². The predicted molar refractivity (Wildman–Crippen MR) is 77.1 cm³/mol. The summed E-state index contributed by atoms with van der Waals surface area (Å²) in [6.45, 7) is 5.23. The SMILES string of the molecule is CCCOCC(=O)N1CCCC1c1n[nH]nc1C(=O)OCC. The van der Waals surface area contributed by atoms with Crippen LogP contribution in [-0.4, -0.2) is 58.6 Å². The van der Waals surface area contributed by atoms with Gasteiger partial charge in [0.1, 0.15) is 12.3 Å². The van der Waals surface area contributed by atoms with E-state index >= 15 is 0 Å². The van der Waals surface area contributed by atoms with Gasteiger partial charge in [0, 0.05) is 13.2 Å². The molecular weight excluding hydrogens is 288 g/mol. The molecule has 1 saturated heterocycles. The summed E-state index contributed by atoms with van der Waals surface area (Å²) in [5.41, 5.74) is 0.626. The summed E-state index contributed by atoms with van der Waals surface area (Å²) in [5, 5.41) is 10.4. The molecule has 0 bridgehead atoms. The second-order valence-electron chi connectivity index (χ2n) is 5.08. The number of rotatable bonds is 7. The molecule has 1 fully saturated rings. The third kappa shape index (κ3) is 3.62. The maximum Gasteiger partial charge on any atom is 0.360 e. The van der Waals surface area contributed by atoms with E-state index in [1.807, 2.05) is 6.92 Å². The fraction of sp³-hybridized carbons (Fsp3) is 0.714. The van der Waals surface area contributed by atoms with Gasteiger partial charge in [-0.1, -0.05) is 6.92 Å². The number of hydrogen-bond acceptors (Lipinski definition) is 6. The Morgan fingerprint density at radius 2 is 2.18 bits per heavy atom. The number of carbonyl (C=O) groups is 2. The predicted octanol–water partition coefficient (Wildman–Crippen LogP) is 1.07. The van der Waals surface area contributed by atoms with Crippen LogP contribution in [0.4, 0.5) is 0 Å². The lowest BCUT2D eigenvalue weighted by atomic mass is 10.1. The average Bonchev–Trinajstić information content (AvgIpc) is 3.16. The molecule has 1 atom stereocenters. The molecule has 122 valence electrons. The summed E-state index contributed by atoms with van der Waals surface area (Å²) >= 11 is 0. The van der Waals surface area contributed by atoms with Crippen molar-refractivity contribution in [3.8, 4) is 0 Å². The first-order valence-corrected chi connectivity index (χ1v) is 7.64. The van der Waals surface area contributed by atoms with Crippen LogP contribution in [0.3, 0.4) is 0 Å². The molecule has 1 aromatic rings. The zero-order chi connectivity index (χ0) is 15.9. The van der Waals surface area contributed by atoms with E-state index in [0.717, 1.165) is 19.3 Å². The highest BCUT2D eigenvalue weighted by molar-refractivity contribution is 5.88. The first kappa shape index (κ1) is 16.4. The van der Waals surface area contributed by atoms with Gasteiger partial charge in [0.2, 0.25) is 5.91 Å². The first-order chi connectivity index (χ1) is 10.7. The standard InChI is InChI=1S/C14H22N4O4/c1-3-8-21-9-11(19)18-7-5-6-10(18)12-13(16-17-15-12)14(20)22-4-2/h10H,3-9H2,1-2H3,(H,15,16,17). The largest absolute Gasteiger partial charge is 0.461 e. The molecule has 1 N–H and O–H groups in total. The van der Waals surface area contributed by atoms with Crippen LogP contribution in [-0.2, 0) is 14.3 Å². The lowest BCUT2D eigenvalue weighted by Gasteiger charge is -2.23. The Kier molecular flexibility index (Phi) is 5.88. The van der Waals surface area contributed by atoms with Gasteiger partial charge in [0.05, 0.1) is 12.6 Å². The maximum atomic E-state index is 12.3. The minimum atomic E-state index is -0.521. The van der Waals surface area contributed by atoms with Gasteiger partial charge in [-0.15, -0.1) is 5.10 Å². The van der Waals surface area contributed by atoms with Crippen LogP contribution in [0.15, 0.2) is 0 Å². The molecule has 1 amide bonds. The number of esters is 1. The minimum absolute atomic E-state index is 0.0525. The van der Waals surface area contributed by atoms with Gasteiger partial charge in [-0.25, -0.2) is 4.79 Å². The number of nitrogens with one attached hydrogen (secondary N) is 1. The van der Waals surface area contributed by atoms with Crippen LogP contribution in [0.2, 0.25) is 0 Å². The molecule has 8 nitrogen and oxygen atoms in total. The number of H-pyrrole nitrogens is 1. The second-order valence-corrected chi connectivity index (χ2v) is 5.08. The molecule has 1 aliphatic rings. The minimum Gasteiger partial charge on any atom is -0.461 e. The van der Waals surface area contributed by atoms with Gasteiger partial charge in [0.15, 0.2) is 5.69 Å². The lowest BCUT2D eigenvalue weighted by Crippen LogP contribution is -2.34. The van der Waals surface area contributed by atoms with Crippen molar-refractivity contribution in [2.45, 2.75) is 39.2 Å². The number of hydrogen-bond donors (Lipinski definition) is 1. The number of carbonyl (C=O) groups excluding carboxylic acids is 2. The van der Waals surface area contributed by atoms with Crippen molar-refractivity contribution in [3.63, 3.8) is 0 Å². The Balaban J connectivity index is 2.09.